The number of nitrogens with zero attached hydrogens (tertiary/aromatic N) is 1. The van der Waals surface area contributed by atoms with E-state index in [9.17, 15) is 17.6 Å². The van der Waals surface area contributed by atoms with Crippen LogP contribution in [0.2, 0.25) is 0 Å². The lowest BCUT2D eigenvalue weighted by Crippen LogP contribution is -2.37. The first kappa shape index (κ1) is 22.5. The molecular formula is C23H23FN2O4S. The van der Waals surface area contributed by atoms with Gasteiger partial charge in [0.15, 0.2) is 0 Å². The van der Waals surface area contributed by atoms with Crippen molar-refractivity contribution in [3.05, 3.63) is 89.7 Å². The SMILES string of the molecule is COc1ccc(S(=O)(=O)N(CC(=O)Nc2ccccc2F)Cc2ccccc2)cc1C. The average molecular weight is 443 g/mol. The number of rotatable bonds is 8. The van der Waals surface area contributed by atoms with Crippen LogP contribution < -0.4 is 10.1 Å². The highest BCUT2D eigenvalue weighted by Crippen LogP contribution is 2.25. The molecule has 31 heavy (non-hydrogen) atoms. The first-order valence-corrected chi connectivity index (χ1v) is 11.0. The Bertz CT molecular complexity index is 1170. The lowest BCUT2D eigenvalue weighted by atomic mass is 10.2. The third kappa shape index (κ3) is 5.48. The van der Waals surface area contributed by atoms with Crippen LogP contribution in [-0.2, 0) is 21.4 Å². The smallest absolute Gasteiger partial charge is 0.243 e. The third-order valence-electron chi connectivity index (χ3n) is 4.67. The molecule has 0 aliphatic carbocycles. The molecule has 0 aromatic heterocycles. The van der Waals surface area contributed by atoms with Crippen molar-refractivity contribution in [2.45, 2.75) is 18.4 Å². The number of para-hydroxylation sites is 1. The number of nitrogens with one attached hydrogen (secondary N) is 1. The summed E-state index contributed by atoms with van der Waals surface area (Å²) in [5.41, 5.74) is 1.36. The van der Waals surface area contributed by atoms with Crippen LogP contribution in [0.5, 0.6) is 5.75 Å². The van der Waals surface area contributed by atoms with Crippen LogP contribution in [0.3, 0.4) is 0 Å². The van der Waals surface area contributed by atoms with E-state index in [4.69, 9.17) is 4.74 Å². The number of hydrogen-bond acceptors (Lipinski definition) is 4. The number of halogens is 1. The van der Waals surface area contributed by atoms with E-state index >= 15 is 0 Å². The molecule has 0 atom stereocenters. The highest BCUT2D eigenvalue weighted by atomic mass is 32.2. The number of carbonyl (C=O) groups excluding carboxylic acids is 1. The lowest BCUT2D eigenvalue weighted by Gasteiger charge is -2.22. The number of sulfonamides is 1. The zero-order chi connectivity index (χ0) is 22.4. The summed E-state index contributed by atoms with van der Waals surface area (Å²) < 4.78 is 46.9. The summed E-state index contributed by atoms with van der Waals surface area (Å²) >= 11 is 0. The van der Waals surface area contributed by atoms with Crippen LogP contribution in [0.25, 0.3) is 0 Å². The summed E-state index contributed by atoms with van der Waals surface area (Å²) in [4.78, 5) is 12.6. The molecule has 0 heterocycles. The minimum Gasteiger partial charge on any atom is -0.496 e. The van der Waals surface area contributed by atoms with E-state index < -0.39 is 28.3 Å². The van der Waals surface area contributed by atoms with Crippen molar-refractivity contribution in [3.8, 4) is 5.75 Å². The lowest BCUT2D eigenvalue weighted by molar-refractivity contribution is -0.116. The van der Waals surface area contributed by atoms with Gasteiger partial charge in [-0.05, 0) is 48.4 Å². The van der Waals surface area contributed by atoms with E-state index in [1.165, 1.54) is 37.4 Å². The minimum absolute atomic E-state index is 0.00940. The maximum atomic E-state index is 13.9. The summed E-state index contributed by atoms with van der Waals surface area (Å²) in [5.74, 6) is -0.681. The fraction of sp³-hybridized carbons (Fsp3) is 0.174. The van der Waals surface area contributed by atoms with Crippen molar-refractivity contribution in [2.75, 3.05) is 19.0 Å². The van der Waals surface area contributed by atoms with Crippen molar-refractivity contribution in [1.82, 2.24) is 4.31 Å². The van der Waals surface area contributed by atoms with E-state index in [0.29, 0.717) is 11.3 Å². The second-order valence-electron chi connectivity index (χ2n) is 6.92. The van der Waals surface area contributed by atoms with Crippen molar-refractivity contribution in [2.24, 2.45) is 0 Å². The van der Waals surface area contributed by atoms with Gasteiger partial charge in [-0.25, -0.2) is 12.8 Å². The van der Waals surface area contributed by atoms with Gasteiger partial charge in [-0.1, -0.05) is 42.5 Å². The van der Waals surface area contributed by atoms with E-state index in [0.717, 1.165) is 9.87 Å². The summed E-state index contributed by atoms with van der Waals surface area (Å²) in [5, 5.41) is 2.44. The van der Waals surface area contributed by atoms with E-state index in [1.54, 1.807) is 43.3 Å². The molecule has 1 N–H and O–H groups in total. The molecule has 0 fully saturated rings. The normalized spacial score (nSPS) is 11.4. The quantitative estimate of drug-likeness (QED) is 0.573. The molecule has 0 aliphatic rings. The van der Waals surface area contributed by atoms with Gasteiger partial charge in [-0.2, -0.15) is 4.31 Å². The van der Waals surface area contributed by atoms with E-state index in [1.807, 2.05) is 6.07 Å². The highest BCUT2D eigenvalue weighted by Gasteiger charge is 2.27. The predicted octanol–water partition coefficient (Wildman–Crippen LogP) is 3.97. The number of benzene rings is 3. The Morgan fingerprint density at radius 3 is 2.35 bits per heavy atom. The Morgan fingerprint density at radius 1 is 1.03 bits per heavy atom. The summed E-state index contributed by atoms with van der Waals surface area (Å²) in [6, 6.07) is 19.2. The Kier molecular flexibility index (Phi) is 7.04. The predicted molar refractivity (Wildman–Crippen MR) is 117 cm³/mol. The van der Waals surface area contributed by atoms with Gasteiger partial charge in [-0.15, -0.1) is 0 Å². The van der Waals surface area contributed by atoms with Crippen LogP contribution in [0, 0.1) is 12.7 Å². The number of carbonyl (C=O) groups is 1. The van der Waals surface area contributed by atoms with Crippen LogP contribution in [0.4, 0.5) is 10.1 Å². The zero-order valence-electron chi connectivity index (χ0n) is 17.2. The molecule has 0 radical (unpaired) electrons. The van der Waals surface area contributed by atoms with Crippen LogP contribution in [0.1, 0.15) is 11.1 Å². The first-order chi connectivity index (χ1) is 14.8. The number of methoxy groups -OCH3 is 1. The van der Waals surface area contributed by atoms with Gasteiger partial charge in [-0.3, -0.25) is 4.79 Å². The van der Waals surface area contributed by atoms with Crippen LogP contribution >= 0.6 is 0 Å². The summed E-state index contributed by atoms with van der Waals surface area (Å²) in [6.07, 6.45) is 0. The molecule has 3 rings (SSSR count). The fourth-order valence-electron chi connectivity index (χ4n) is 3.09. The summed E-state index contributed by atoms with van der Waals surface area (Å²) in [6.45, 7) is 1.25. The van der Waals surface area contributed by atoms with Crippen LogP contribution in [0.15, 0.2) is 77.7 Å². The maximum absolute atomic E-state index is 13.9. The Hall–Kier alpha value is -3.23. The van der Waals surface area contributed by atoms with Crippen LogP contribution in [-0.4, -0.2) is 32.3 Å². The third-order valence-corrected chi connectivity index (χ3v) is 6.46. The molecule has 3 aromatic rings. The number of hydrogen-bond donors (Lipinski definition) is 1. The van der Waals surface area contributed by atoms with E-state index in [-0.39, 0.29) is 17.1 Å². The molecule has 0 saturated heterocycles. The van der Waals surface area contributed by atoms with E-state index in [2.05, 4.69) is 5.32 Å². The molecule has 6 nitrogen and oxygen atoms in total. The second kappa shape index (κ2) is 9.72. The van der Waals surface area contributed by atoms with Gasteiger partial charge < -0.3 is 10.1 Å². The molecular weight excluding hydrogens is 419 g/mol. The fourth-order valence-corrected chi connectivity index (χ4v) is 4.56. The van der Waals surface area contributed by atoms with Gasteiger partial charge in [0, 0.05) is 6.54 Å². The molecule has 0 bridgehead atoms. The zero-order valence-corrected chi connectivity index (χ0v) is 18.0. The Morgan fingerprint density at radius 2 is 1.71 bits per heavy atom. The molecule has 0 spiro atoms. The van der Waals surface area contributed by atoms with Gasteiger partial charge >= 0.3 is 0 Å². The molecule has 0 aliphatic heterocycles. The number of aryl methyl sites for hydroxylation is 1. The van der Waals surface area contributed by atoms with Gasteiger partial charge in [0.05, 0.1) is 24.2 Å². The van der Waals surface area contributed by atoms with Crippen molar-refractivity contribution >= 4 is 21.6 Å². The molecule has 1 amide bonds. The Labute approximate surface area is 181 Å². The molecule has 3 aromatic carbocycles. The summed E-state index contributed by atoms with van der Waals surface area (Å²) in [7, 11) is -2.52. The maximum Gasteiger partial charge on any atom is 0.243 e. The molecule has 8 heteroatoms. The van der Waals surface area contributed by atoms with Gasteiger partial charge in [0.2, 0.25) is 15.9 Å². The number of amides is 1. The first-order valence-electron chi connectivity index (χ1n) is 9.54. The topological polar surface area (TPSA) is 75.7 Å². The Balaban J connectivity index is 1.91. The molecule has 162 valence electrons. The average Bonchev–Trinajstić information content (AvgIpc) is 2.75. The van der Waals surface area contributed by atoms with Crippen molar-refractivity contribution < 1.29 is 22.3 Å². The molecule has 0 saturated carbocycles. The number of ether oxygens (including phenoxy) is 1. The van der Waals surface area contributed by atoms with Gasteiger partial charge in [0.1, 0.15) is 11.6 Å². The number of anilines is 1. The standard InChI is InChI=1S/C23H23FN2O4S/c1-17-14-19(12-13-22(17)30-2)31(28,29)26(15-18-8-4-3-5-9-18)16-23(27)25-21-11-7-6-10-20(21)24/h3-14H,15-16H2,1-2H3,(H,25,27). The highest BCUT2D eigenvalue weighted by molar-refractivity contribution is 7.89. The largest absolute Gasteiger partial charge is 0.496 e. The van der Waals surface area contributed by atoms with Gasteiger partial charge in [0.25, 0.3) is 0 Å². The van der Waals surface area contributed by atoms with Crippen molar-refractivity contribution in [3.63, 3.8) is 0 Å². The minimum atomic E-state index is -4.02. The van der Waals surface area contributed by atoms with Crippen molar-refractivity contribution in [1.29, 1.82) is 0 Å². The monoisotopic (exact) mass is 442 g/mol. The molecule has 0 unspecified atom stereocenters. The second-order valence-corrected chi connectivity index (χ2v) is 8.86.